The van der Waals surface area contributed by atoms with Crippen molar-refractivity contribution in [3.05, 3.63) is 34.9 Å². The number of nitrogens with one attached hydrogen (secondary N) is 1. The lowest BCUT2D eigenvalue weighted by Gasteiger charge is -2.47. The van der Waals surface area contributed by atoms with E-state index in [9.17, 15) is 14.7 Å². The monoisotopic (exact) mass is 543 g/mol. The first-order chi connectivity index (χ1) is 18.2. The van der Waals surface area contributed by atoms with Gasteiger partial charge in [-0.25, -0.2) is 9.59 Å². The quantitative estimate of drug-likeness (QED) is 0.144. The van der Waals surface area contributed by atoms with Crippen molar-refractivity contribution in [2.24, 2.45) is 5.92 Å². The molecule has 1 aromatic carbocycles. The van der Waals surface area contributed by atoms with Crippen LogP contribution < -0.4 is 14.8 Å². The topological polar surface area (TPSA) is 94.1 Å². The number of aliphatic hydroxyl groups is 1. The highest BCUT2D eigenvalue weighted by atomic mass is 16.6. The lowest BCUT2D eigenvalue weighted by Crippen LogP contribution is -2.46. The minimum Gasteiger partial charge on any atom is -0.487 e. The summed E-state index contributed by atoms with van der Waals surface area (Å²) in [6, 6.07) is 4.11. The van der Waals surface area contributed by atoms with E-state index in [0.717, 1.165) is 41.7 Å². The summed E-state index contributed by atoms with van der Waals surface area (Å²) in [6.45, 7) is 15.9. The summed E-state index contributed by atoms with van der Waals surface area (Å²) in [5.74, 6) is 0.855. The molecule has 0 saturated carbocycles. The molecule has 1 aromatic rings. The predicted octanol–water partition coefficient (Wildman–Crippen LogP) is 6.95. The van der Waals surface area contributed by atoms with E-state index >= 15 is 0 Å². The third kappa shape index (κ3) is 8.00. The first kappa shape index (κ1) is 31.0. The average Bonchev–Trinajstić information content (AvgIpc) is 2.83. The lowest BCUT2D eigenvalue weighted by atomic mass is 9.66. The molecular formula is C32H49NO6. The van der Waals surface area contributed by atoms with E-state index in [0.29, 0.717) is 12.2 Å². The van der Waals surface area contributed by atoms with E-state index < -0.39 is 23.3 Å². The van der Waals surface area contributed by atoms with Crippen LogP contribution in [0.1, 0.15) is 117 Å². The van der Waals surface area contributed by atoms with Gasteiger partial charge in [0.2, 0.25) is 0 Å². The molecule has 1 heterocycles. The third-order valence-corrected chi connectivity index (χ3v) is 8.01. The zero-order chi connectivity index (χ0) is 29.0. The number of benzene rings is 1. The Morgan fingerprint density at radius 1 is 1.13 bits per heavy atom. The van der Waals surface area contributed by atoms with Crippen LogP contribution in [0.25, 0.3) is 0 Å². The molecule has 218 valence electrons. The molecule has 7 heteroatoms. The van der Waals surface area contributed by atoms with E-state index in [2.05, 4.69) is 52.1 Å². The second kappa shape index (κ2) is 12.3. The molecule has 0 aromatic heterocycles. The Hall–Kier alpha value is -2.54. The Kier molecular flexibility index (Phi) is 9.79. The molecule has 0 bridgehead atoms. The van der Waals surface area contributed by atoms with E-state index in [1.165, 1.54) is 19.3 Å². The number of carbonyl (C=O) groups excluding carboxylic acids is 2. The standard InChI is InChI=1S/C32H49NO6/c1-9-10-11-12-15-31(5,6)22-17-25(37-27(35)19-33-29(36)39-30(2,3)4)28-23-16-21(20-34)13-14-24(23)32(7,8)38-26(28)18-22/h13,17-18,23-24,34H,9-12,14-16,19-20H2,1-8H3,(H,33,36)/t23-,24?/m0/s1. The number of hydrogen-bond donors (Lipinski definition) is 2. The van der Waals surface area contributed by atoms with Crippen LogP contribution in [0.4, 0.5) is 4.79 Å². The Bertz CT molecular complexity index is 1070. The van der Waals surface area contributed by atoms with Crippen LogP contribution in [0.3, 0.4) is 0 Å². The Morgan fingerprint density at radius 2 is 1.85 bits per heavy atom. The van der Waals surface area contributed by atoms with Crippen LogP contribution in [-0.2, 0) is 14.9 Å². The molecule has 0 saturated heterocycles. The van der Waals surface area contributed by atoms with Gasteiger partial charge in [0.1, 0.15) is 29.2 Å². The molecule has 3 rings (SSSR count). The SMILES string of the molecule is CCCCCCC(C)(C)c1cc(OC(=O)CNC(=O)OC(C)(C)C)c2c(c1)OC(C)(C)C1CC=C(CO)C[C@H]21. The second-order valence-electron chi connectivity index (χ2n) is 13.3. The third-order valence-electron chi connectivity index (χ3n) is 8.01. The second-order valence-corrected chi connectivity index (χ2v) is 13.3. The Labute approximate surface area is 234 Å². The fourth-order valence-corrected chi connectivity index (χ4v) is 5.81. The van der Waals surface area contributed by atoms with Crippen molar-refractivity contribution in [2.75, 3.05) is 13.2 Å². The number of carbonyl (C=O) groups is 2. The van der Waals surface area contributed by atoms with Gasteiger partial charge in [0.05, 0.1) is 6.61 Å². The molecule has 0 fully saturated rings. The minimum atomic E-state index is -0.668. The number of ether oxygens (including phenoxy) is 3. The number of amides is 1. The fourth-order valence-electron chi connectivity index (χ4n) is 5.81. The average molecular weight is 544 g/mol. The van der Waals surface area contributed by atoms with Crippen molar-refractivity contribution in [2.45, 2.75) is 123 Å². The summed E-state index contributed by atoms with van der Waals surface area (Å²) in [7, 11) is 0. The van der Waals surface area contributed by atoms with Gasteiger partial charge in [0, 0.05) is 17.4 Å². The van der Waals surface area contributed by atoms with Crippen molar-refractivity contribution in [1.82, 2.24) is 5.32 Å². The maximum Gasteiger partial charge on any atom is 0.408 e. The molecule has 0 radical (unpaired) electrons. The largest absolute Gasteiger partial charge is 0.487 e. The van der Waals surface area contributed by atoms with Gasteiger partial charge in [-0.15, -0.1) is 0 Å². The van der Waals surface area contributed by atoms with Gasteiger partial charge in [-0.3, -0.25) is 0 Å². The molecule has 1 amide bonds. The van der Waals surface area contributed by atoms with Crippen molar-refractivity contribution < 1.29 is 28.9 Å². The van der Waals surface area contributed by atoms with E-state index in [1.807, 2.05) is 6.07 Å². The molecule has 1 unspecified atom stereocenters. The van der Waals surface area contributed by atoms with Crippen LogP contribution in [0.2, 0.25) is 0 Å². The maximum atomic E-state index is 13.0. The normalized spacial score (nSPS) is 20.2. The first-order valence-electron chi connectivity index (χ1n) is 14.5. The number of rotatable bonds is 10. The van der Waals surface area contributed by atoms with Crippen LogP contribution in [-0.4, -0.2) is 41.5 Å². The number of esters is 1. The summed E-state index contributed by atoms with van der Waals surface area (Å²) in [4.78, 5) is 25.1. The zero-order valence-electron chi connectivity index (χ0n) is 25.2. The highest BCUT2D eigenvalue weighted by Gasteiger charge is 2.47. The summed E-state index contributed by atoms with van der Waals surface area (Å²) in [5, 5.41) is 12.4. The van der Waals surface area contributed by atoms with Crippen LogP contribution >= 0.6 is 0 Å². The smallest absolute Gasteiger partial charge is 0.408 e. The van der Waals surface area contributed by atoms with Crippen molar-refractivity contribution >= 4 is 12.1 Å². The number of fused-ring (bicyclic) bond motifs is 3. The van der Waals surface area contributed by atoms with Gasteiger partial charge < -0.3 is 24.6 Å². The van der Waals surface area contributed by atoms with Gasteiger partial charge in [-0.05, 0) is 82.6 Å². The van der Waals surface area contributed by atoms with Crippen LogP contribution in [0.5, 0.6) is 11.5 Å². The van der Waals surface area contributed by atoms with Gasteiger partial charge in [-0.1, -0.05) is 52.5 Å². The molecule has 2 N–H and O–H groups in total. The van der Waals surface area contributed by atoms with E-state index in [-0.39, 0.29) is 30.4 Å². The van der Waals surface area contributed by atoms with Crippen LogP contribution in [0.15, 0.2) is 23.8 Å². The molecule has 2 aliphatic rings. The predicted molar refractivity (Wildman–Crippen MR) is 153 cm³/mol. The summed E-state index contributed by atoms with van der Waals surface area (Å²) < 4.78 is 17.9. The first-order valence-corrected chi connectivity index (χ1v) is 14.5. The molecule has 1 aliphatic heterocycles. The molecule has 39 heavy (non-hydrogen) atoms. The Morgan fingerprint density at radius 3 is 2.49 bits per heavy atom. The zero-order valence-corrected chi connectivity index (χ0v) is 25.2. The van der Waals surface area contributed by atoms with Crippen LogP contribution in [0, 0.1) is 5.92 Å². The Balaban J connectivity index is 1.96. The van der Waals surface area contributed by atoms with E-state index in [1.54, 1.807) is 20.8 Å². The molecular weight excluding hydrogens is 494 g/mol. The lowest BCUT2D eigenvalue weighted by molar-refractivity contribution is -0.133. The maximum absolute atomic E-state index is 13.0. The highest BCUT2D eigenvalue weighted by molar-refractivity contribution is 5.80. The molecule has 0 spiro atoms. The van der Waals surface area contributed by atoms with Gasteiger partial charge in [0.25, 0.3) is 0 Å². The number of allylic oxidation sites excluding steroid dienone is 1. The summed E-state index contributed by atoms with van der Waals surface area (Å²) in [5.41, 5.74) is 1.69. The number of unbranched alkanes of at least 4 members (excludes halogenated alkanes) is 3. The molecule has 2 atom stereocenters. The van der Waals surface area contributed by atoms with Gasteiger partial charge >= 0.3 is 12.1 Å². The van der Waals surface area contributed by atoms with Crippen molar-refractivity contribution in [1.29, 1.82) is 0 Å². The number of aliphatic hydroxyl groups excluding tert-OH is 1. The number of hydrogen-bond acceptors (Lipinski definition) is 6. The minimum absolute atomic E-state index is 0.0116. The van der Waals surface area contributed by atoms with Gasteiger partial charge in [-0.2, -0.15) is 0 Å². The van der Waals surface area contributed by atoms with Crippen molar-refractivity contribution in [3.63, 3.8) is 0 Å². The highest BCUT2D eigenvalue weighted by Crippen LogP contribution is 2.55. The summed E-state index contributed by atoms with van der Waals surface area (Å²) >= 11 is 0. The van der Waals surface area contributed by atoms with E-state index in [4.69, 9.17) is 14.2 Å². The molecule has 1 aliphatic carbocycles. The summed E-state index contributed by atoms with van der Waals surface area (Å²) in [6.07, 6.45) is 8.63. The van der Waals surface area contributed by atoms with Crippen molar-refractivity contribution in [3.8, 4) is 11.5 Å². The molecule has 7 nitrogen and oxygen atoms in total. The fraction of sp³-hybridized carbons (Fsp3) is 0.688. The number of alkyl carbamates (subject to hydrolysis) is 1. The van der Waals surface area contributed by atoms with Gasteiger partial charge in [0.15, 0.2) is 0 Å².